The van der Waals surface area contributed by atoms with Crippen LogP contribution in [0.3, 0.4) is 0 Å². The van der Waals surface area contributed by atoms with E-state index in [1.54, 1.807) is 0 Å². The Bertz CT molecular complexity index is 1960. The lowest BCUT2D eigenvalue weighted by molar-refractivity contribution is 0.171. The van der Waals surface area contributed by atoms with Gasteiger partial charge >= 0.3 is 6.03 Å². The van der Waals surface area contributed by atoms with Gasteiger partial charge < -0.3 is 19.9 Å². The van der Waals surface area contributed by atoms with Gasteiger partial charge in [-0.3, -0.25) is 9.72 Å². The fourth-order valence-electron chi connectivity index (χ4n) is 7.16. The Morgan fingerprint density at radius 3 is 2.48 bits per heavy atom. The minimum absolute atomic E-state index is 0.148. The number of aromatic nitrogens is 5. The van der Waals surface area contributed by atoms with E-state index in [2.05, 4.69) is 113 Å². The van der Waals surface area contributed by atoms with E-state index in [0.717, 1.165) is 78.6 Å². The van der Waals surface area contributed by atoms with Gasteiger partial charge in [-0.2, -0.15) is 5.10 Å². The van der Waals surface area contributed by atoms with Crippen molar-refractivity contribution in [3.63, 3.8) is 0 Å². The molecule has 3 atom stereocenters. The van der Waals surface area contributed by atoms with Gasteiger partial charge in [-0.05, 0) is 94.1 Å². The third kappa shape index (κ3) is 7.05. The highest BCUT2D eigenvalue weighted by Crippen LogP contribution is 2.39. The lowest BCUT2D eigenvalue weighted by Gasteiger charge is -2.33. The number of nitrogens with one attached hydrogen (secondary N) is 2. The van der Waals surface area contributed by atoms with Gasteiger partial charge in [-0.15, -0.1) is 10.2 Å². The van der Waals surface area contributed by atoms with Crippen LogP contribution in [-0.4, -0.2) is 62.0 Å². The molecule has 2 aliphatic rings. The number of fused-ring (bicyclic) bond motifs is 2. The van der Waals surface area contributed by atoms with E-state index in [1.165, 1.54) is 12.0 Å². The van der Waals surface area contributed by atoms with Crippen LogP contribution in [0.2, 0.25) is 0 Å². The Morgan fingerprint density at radius 1 is 0.960 bits per heavy atom. The molecule has 1 unspecified atom stereocenters. The zero-order valence-electron chi connectivity index (χ0n) is 30.1. The first-order chi connectivity index (χ1) is 24.0. The minimum atomic E-state index is -0.271. The second kappa shape index (κ2) is 13.8. The monoisotopic (exact) mass is 675 g/mol. The number of hydrogen-bond donors (Lipinski definition) is 2. The molecule has 2 N–H and O–H groups in total. The molecule has 7 rings (SSSR count). The molecule has 3 aromatic heterocycles. The Hall–Kier alpha value is -4.90. The highest BCUT2D eigenvalue weighted by atomic mass is 16.5. The van der Waals surface area contributed by atoms with Gasteiger partial charge in [-0.1, -0.05) is 57.2 Å². The maximum absolute atomic E-state index is 13.6. The summed E-state index contributed by atoms with van der Waals surface area (Å²) in [5.74, 6) is 2.26. The molecule has 11 heteroatoms. The van der Waals surface area contributed by atoms with E-state index < -0.39 is 0 Å². The standard InChI is InChI=1S/C39H49N9O2/c1-26-11-9-10-22-46(26)38-43-42-35-21-18-29(25-47(35)38)50-33-20-19-32(30-12-7-8-13-31(30)33)40-37(49)41-36-23-34(39(2,3)4)44-48(36)28-16-14-27(15-17-28)24-45(5)6/h7-8,12-18,21,23,25-26,32-33H,9-11,19-20,22,24H2,1-6H3,(H2,40,41,49)/t26?,32-,33+/m0/s1. The Balaban J connectivity index is 1.08. The molecule has 50 heavy (non-hydrogen) atoms. The highest BCUT2D eigenvalue weighted by molar-refractivity contribution is 5.89. The highest BCUT2D eigenvalue weighted by Gasteiger charge is 2.31. The largest absolute Gasteiger partial charge is 0.484 e. The number of urea groups is 1. The molecule has 1 aliphatic carbocycles. The molecule has 0 saturated carbocycles. The fourth-order valence-corrected chi connectivity index (χ4v) is 7.16. The van der Waals surface area contributed by atoms with Crippen molar-refractivity contribution in [2.24, 2.45) is 0 Å². The van der Waals surface area contributed by atoms with E-state index in [9.17, 15) is 4.79 Å². The lowest BCUT2D eigenvalue weighted by atomic mass is 9.85. The van der Waals surface area contributed by atoms with E-state index in [0.29, 0.717) is 11.9 Å². The first kappa shape index (κ1) is 33.6. The van der Waals surface area contributed by atoms with E-state index in [-0.39, 0.29) is 23.6 Å². The van der Waals surface area contributed by atoms with Crippen molar-refractivity contribution >= 4 is 23.4 Å². The first-order valence-corrected chi connectivity index (χ1v) is 17.8. The normalized spacial score (nSPS) is 19.4. The summed E-state index contributed by atoms with van der Waals surface area (Å²) in [6, 6.07) is 22.5. The van der Waals surface area contributed by atoms with Gasteiger partial charge in [0.25, 0.3) is 0 Å². The number of amides is 2. The van der Waals surface area contributed by atoms with Crippen molar-refractivity contribution in [3.05, 3.63) is 95.3 Å². The van der Waals surface area contributed by atoms with E-state index >= 15 is 0 Å². The number of piperidine rings is 1. The molecular weight excluding hydrogens is 626 g/mol. The van der Waals surface area contributed by atoms with Crippen molar-refractivity contribution in [2.45, 2.75) is 89.9 Å². The number of carbonyl (C=O) groups is 1. The molecule has 1 saturated heterocycles. The van der Waals surface area contributed by atoms with Gasteiger partial charge in [0.1, 0.15) is 17.7 Å². The maximum Gasteiger partial charge on any atom is 0.320 e. The number of nitrogens with zero attached hydrogens (tertiary/aromatic N) is 7. The summed E-state index contributed by atoms with van der Waals surface area (Å²) in [7, 11) is 4.11. The minimum Gasteiger partial charge on any atom is -0.484 e. The number of ether oxygens (including phenoxy) is 1. The van der Waals surface area contributed by atoms with Crippen molar-refractivity contribution < 1.29 is 9.53 Å². The molecule has 2 amide bonds. The van der Waals surface area contributed by atoms with Crippen molar-refractivity contribution in [3.8, 4) is 11.4 Å². The van der Waals surface area contributed by atoms with Crippen LogP contribution in [0.15, 0.2) is 72.9 Å². The summed E-state index contributed by atoms with van der Waals surface area (Å²) in [6.45, 7) is 10.5. The number of benzene rings is 2. The zero-order valence-corrected chi connectivity index (χ0v) is 30.1. The molecule has 4 heterocycles. The van der Waals surface area contributed by atoms with Gasteiger partial charge in [0.15, 0.2) is 5.65 Å². The summed E-state index contributed by atoms with van der Waals surface area (Å²) in [5, 5.41) is 20.3. The molecule has 0 radical (unpaired) electrons. The average Bonchev–Trinajstić information content (AvgIpc) is 3.71. The van der Waals surface area contributed by atoms with Gasteiger partial charge in [0, 0.05) is 30.6 Å². The molecule has 262 valence electrons. The van der Waals surface area contributed by atoms with Gasteiger partial charge in [-0.25, -0.2) is 9.48 Å². The molecule has 0 spiro atoms. The number of hydrogen-bond acceptors (Lipinski definition) is 7. The Kier molecular flexibility index (Phi) is 9.26. The average molecular weight is 676 g/mol. The third-order valence-electron chi connectivity index (χ3n) is 9.84. The fraction of sp³-hybridized carbons (Fsp3) is 0.436. The Morgan fingerprint density at radius 2 is 1.74 bits per heavy atom. The van der Waals surface area contributed by atoms with Crippen molar-refractivity contribution in [2.75, 3.05) is 30.9 Å². The van der Waals surface area contributed by atoms with E-state index in [1.807, 2.05) is 41.2 Å². The van der Waals surface area contributed by atoms with Gasteiger partial charge in [0.05, 0.1) is 23.6 Å². The number of anilines is 2. The van der Waals surface area contributed by atoms with Crippen LogP contribution in [0, 0.1) is 0 Å². The quantitative estimate of drug-likeness (QED) is 0.176. The van der Waals surface area contributed by atoms with Crippen LogP contribution in [0.25, 0.3) is 11.3 Å². The van der Waals surface area contributed by atoms with Crippen LogP contribution in [-0.2, 0) is 12.0 Å². The smallest absolute Gasteiger partial charge is 0.320 e. The predicted molar refractivity (Wildman–Crippen MR) is 197 cm³/mol. The summed E-state index contributed by atoms with van der Waals surface area (Å²) in [6.07, 6.45) is 6.92. The van der Waals surface area contributed by atoms with Crippen molar-refractivity contribution in [1.82, 2.24) is 34.6 Å². The summed E-state index contributed by atoms with van der Waals surface area (Å²) >= 11 is 0. The number of pyridine rings is 1. The zero-order chi connectivity index (χ0) is 35.0. The summed E-state index contributed by atoms with van der Waals surface area (Å²) in [5.41, 5.74) is 5.76. The lowest BCUT2D eigenvalue weighted by Crippen LogP contribution is -2.38. The second-order valence-electron chi connectivity index (χ2n) is 15.1. The molecule has 1 aliphatic heterocycles. The molecular formula is C39H49N9O2. The van der Waals surface area contributed by atoms with Gasteiger partial charge in [0.2, 0.25) is 5.95 Å². The van der Waals surface area contributed by atoms with Crippen molar-refractivity contribution in [1.29, 1.82) is 0 Å². The predicted octanol–water partition coefficient (Wildman–Crippen LogP) is 7.43. The third-order valence-corrected chi connectivity index (χ3v) is 9.84. The topological polar surface area (TPSA) is 105 Å². The summed E-state index contributed by atoms with van der Waals surface area (Å²) in [4.78, 5) is 18.1. The van der Waals surface area contributed by atoms with Crippen LogP contribution >= 0.6 is 0 Å². The number of rotatable bonds is 8. The molecule has 1 fully saturated rings. The molecule has 11 nitrogen and oxygen atoms in total. The van der Waals surface area contributed by atoms with Crippen LogP contribution in [0.4, 0.5) is 16.6 Å². The second-order valence-corrected chi connectivity index (χ2v) is 15.1. The van der Waals surface area contributed by atoms with E-state index in [4.69, 9.17) is 9.84 Å². The Labute approximate surface area is 294 Å². The summed E-state index contributed by atoms with van der Waals surface area (Å²) < 4.78 is 10.5. The molecule has 5 aromatic rings. The molecule has 0 bridgehead atoms. The maximum atomic E-state index is 13.6. The van der Waals surface area contributed by atoms with Crippen LogP contribution in [0.1, 0.15) is 94.3 Å². The SMILES string of the molecule is CC1CCCCN1c1nnc2ccc(O[C@@H]3CC[C@H](NC(=O)Nc4cc(C(C)(C)C)nn4-c4ccc(CN(C)C)cc4)c4ccccc43)cn12. The molecule has 2 aromatic carbocycles. The van der Waals surface area contributed by atoms with Crippen LogP contribution < -0.4 is 20.3 Å². The number of carbonyl (C=O) groups excluding carboxylic acids is 1. The van der Waals surface area contributed by atoms with Crippen LogP contribution in [0.5, 0.6) is 5.75 Å². The first-order valence-electron chi connectivity index (χ1n) is 17.8.